The van der Waals surface area contributed by atoms with Crippen molar-refractivity contribution in [1.82, 2.24) is 5.43 Å². The van der Waals surface area contributed by atoms with Gasteiger partial charge in [-0.1, -0.05) is 46.4 Å². The van der Waals surface area contributed by atoms with Crippen molar-refractivity contribution in [2.75, 3.05) is 5.43 Å². The Morgan fingerprint density at radius 3 is 1.75 bits per heavy atom. The number of amides is 1. The number of hydrogen-bond donors (Lipinski definition) is 2. The number of hydrazone groups is 2. The first-order valence-electron chi connectivity index (χ1n) is 9.40. The highest BCUT2D eigenvalue weighted by atomic mass is 35.5. The normalized spacial score (nSPS) is 11.9. The highest BCUT2D eigenvalue weighted by Gasteiger charge is 2.08. The van der Waals surface area contributed by atoms with E-state index < -0.39 is 0 Å². The van der Waals surface area contributed by atoms with E-state index in [1.54, 1.807) is 67.6 Å². The number of carbonyl (C=O) groups excluding carboxylic acids is 1. The molecule has 9 heteroatoms. The lowest BCUT2D eigenvalue weighted by atomic mass is 10.1. The zero-order valence-electron chi connectivity index (χ0n) is 17.1. The zero-order chi connectivity index (χ0) is 23.3. The molecule has 0 spiro atoms. The lowest BCUT2D eigenvalue weighted by Crippen LogP contribution is -2.19. The van der Waals surface area contributed by atoms with Gasteiger partial charge in [-0.25, -0.2) is 5.43 Å². The van der Waals surface area contributed by atoms with Gasteiger partial charge in [0.25, 0.3) is 5.91 Å². The monoisotopic (exact) mass is 506 g/mol. The van der Waals surface area contributed by atoms with Crippen LogP contribution in [0.4, 0.5) is 5.69 Å². The van der Waals surface area contributed by atoms with E-state index in [1.165, 1.54) is 0 Å². The fourth-order valence-corrected chi connectivity index (χ4v) is 3.57. The summed E-state index contributed by atoms with van der Waals surface area (Å²) >= 11 is 24.4. The number of nitrogens with one attached hydrogen (secondary N) is 2. The molecule has 0 aliphatic rings. The fourth-order valence-electron chi connectivity index (χ4n) is 2.71. The molecule has 0 heterocycles. The van der Waals surface area contributed by atoms with Crippen LogP contribution in [-0.4, -0.2) is 17.3 Å². The first-order chi connectivity index (χ1) is 15.2. The summed E-state index contributed by atoms with van der Waals surface area (Å²) in [5.74, 6) is -0.362. The molecule has 0 aromatic heterocycles. The maximum absolute atomic E-state index is 12.4. The Bertz CT molecular complexity index is 1210. The van der Waals surface area contributed by atoms with Crippen LogP contribution in [0.3, 0.4) is 0 Å². The highest BCUT2D eigenvalue weighted by Crippen LogP contribution is 2.22. The van der Waals surface area contributed by atoms with Crippen molar-refractivity contribution in [2.24, 2.45) is 10.2 Å². The summed E-state index contributed by atoms with van der Waals surface area (Å²) in [5.41, 5.74) is 9.17. The van der Waals surface area contributed by atoms with Crippen LogP contribution in [0, 0.1) is 0 Å². The Balaban J connectivity index is 1.65. The van der Waals surface area contributed by atoms with E-state index in [0.717, 1.165) is 5.56 Å². The highest BCUT2D eigenvalue weighted by molar-refractivity contribution is 6.36. The molecular weight excluding hydrogens is 490 g/mol. The van der Waals surface area contributed by atoms with Crippen LogP contribution in [0.5, 0.6) is 0 Å². The van der Waals surface area contributed by atoms with Crippen molar-refractivity contribution in [3.8, 4) is 0 Å². The average Bonchev–Trinajstić information content (AvgIpc) is 2.79. The topological polar surface area (TPSA) is 65.8 Å². The summed E-state index contributed by atoms with van der Waals surface area (Å²) < 4.78 is 0. The van der Waals surface area contributed by atoms with E-state index in [4.69, 9.17) is 46.4 Å². The molecule has 0 radical (unpaired) electrons. The molecule has 0 aliphatic carbocycles. The summed E-state index contributed by atoms with van der Waals surface area (Å²) in [6, 6.07) is 17.0. The molecule has 3 aromatic carbocycles. The van der Waals surface area contributed by atoms with Crippen molar-refractivity contribution in [3.63, 3.8) is 0 Å². The number of halogens is 4. The summed E-state index contributed by atoms with van der Waals surface area (Å²) in [6.07, 6.45) is 0. The third-order valence-electron chi connectivity index (χ3n) is 4.46. The van der Waals surface area contributed by atoms with Crippen molar-refractivity contribution in [2.45, 2.75) is 13.8 Å². The number of benzene rings is 3. The molecule has 2 N–H and O–H groups in total. The molecule has 0 saturated carbocycles. The first kappa shape index (κ1) is 24.1. The summed E-state index contributed by atoms with van der Waals surface area (Å²) in [6.45, 7) is 3.55. The Kier molecular flexibility index (Phi) is 8.15. The van der Waals surface area contributed by atoms with Crippen LogP contribution >= 0.6 is 46.4 Å². The Labute approximate surface area is 206 Å². The second-order valence-electron chi connectivity index (χ2n) is 6.77. The SMILES string of the molecule is C/C(=N\NC(=O)c1ccc(N/N=C(\C)c2cc(Cl)ccc2Cl)cc1)c1cc(Cl)ccc1Cl. The Hall–Kier alpha value is -2.57. The molecule has 0 saturated heterocycles. The number of hydrogen-bond acceptors (Lipinski definition) is 4. The second kappa shape index (κ2) is 10.8. The minimum Gasteiger partial charge on any atom is -0.278 e. The lowest BCUT2D eigenvalue weighted by Gasteiger charge is -2.07. The molecule has 32 heavy (non-hydrogen) atoms. The number of carbonyl (C=O) groups is 1. The standard InChI is InChI=1S/C23H18Cl4N4O/c1-13(19-11-16(24)5-9-21(19)26)28-30-18-7-3-15(4-8-18)23(32)31-29-14(2)20-12-17(25)6-10-22(20)27/h3-12,30H,1-2H3,(H,31,32)/b28-13+,29-14+. The van der Waals surface area contributed by atoms with Crippen molar-refractivity contribution in [1.29, 1.82) is 0 Å². The second-order valence-corrected chi connectivity index (χ2v) is 8.46. The predicted octanol–water partition coefficient (Wildman–Crippen LogP) is 7.29. The van der Waals surface area contributed by atoms with Crippen LogP contribution in [-0.2, 0) is 0 Å². The van der Waals surface area contributed by atoms with Crippen LogP contribution in [0.1, 0.15) is 35.3 Å². The summed E-state index contributed by atoms with van der Waals surface area (Å²) in [7, 11) is 0. The van der Waals surface area contributed by atoms with Gasteiger partial charge in [0.05, 0.1) is 17.1 Å². The van der Waals surface area contributed by atoms with E-state index in [1.807, 2.05) is 6.92 Å². The molecule has 5 nitrogen and oxygen atoms in total. The molecule has 3 rings (SSSR count). The minimum atomic E-state index is -0.362. The lowest BCUT2D eigenvalue weighted by molar-refractivity contribution is 0.0955. The van der Waals surface area contributed by atoms with Gasteiger partial charge < -0.3 is 0 Å². The number of anilines is 1. The first-order valence-corrected chi connectivity index (χ1v) is 10.9. The third kappa shape index (κ3) is 6.24. The van der Waals surface area contributed by atoms with Crippen LogP contribution in [0.25, 0.3) is 0 Å². The molecule has 1 amide bonds. The molecule has 0 fully saturated rings. The van der Waals surface area contributed by atoms with Gasteiger partial charge in [-0.15, -0.1) is 0 Å². The minimum absolute atomic E-state index is 0.362. The molecule has 0 bridgehead atoms. The van der Waals surface area contributed by atoms with E-state index in [-0.39, 0.29) is 5.91 Å². The van der Waals surface area contributed by atoms with Crippen LogP contribution in [0.15, 0.2) is 70.9 Å². The zero-order valence-corrected chi connectivity index (χ0v) is 20.1. The molecule has 164 valence electrons. The molecule has 0 aliphatic heterocycles. The van der Waals surface area contributed by atoms with Gasteiger partial charge >= 0.3 is 0 Å². The van der Waals surface area contributed by atoms with Crippen molar-refractivity contribution < 1.29 is 4.79 Å². The van der Waals surface area contributed by atoms with Gasteiger partial charge in [-0.2, -0.15) is 10.2 Å². The van der Waals surface area contributed by atoms with E-state index in [2.05, 4.69) is 21.1 Å². The van der Waals surface area contributed by atoms with Gasteiger partial charge in [-0.05, 0) is 74.5 Å². The van der Waals surface area contributed by atoms with E-state index in [9.17, 15) is 4.79 Å². The summed E-state index contributed by atoms with van der Waals surface area (Å²) in [5, 5.41) is 10.6. The van der Waals surface area contributed by atoms with Crippen molar-refractivity contribution in [3.05, 3.63) is 97.4 Å². The number of nitrogens with zero attached hydrogens (tertiary/aromatic N) is 2. The number of rotatable bonds is 6. The Morgan fingerprint density at radius 2 is 1.22 bits per heavy atom. The van der Waals surface area contributed by atoms with Gasteiger partial charge in [0.1, 0.15) is 0 Å². The molecule has 3 aromatic rings. The summed E-state index contributed by atoms with van der Waals surface area (Å²) in [4.78, 5) is 12.4. The smallest absolute Gasteiger partial charge is 0.271 e. The molecule has 0 unspecified atom stereocenters. The molecular formula is C23H18Cl4N4O. The predicted molar refractivity (Wildman–Crippen MR) is 135 cm³/mol. The van der Waals surface area contributed by atoms with Crippen LogP contribution in [0.2, 0.25) is 20.1 Å². The largest absolute Gasteiger partial charge is 0.278 e. The van der Waals surface area contributed by atoms with Gasteiger partial charge in [-0.3, -0.25) is 10.2 Å². The maximum atomic E-state index is 12.4. The van der Waals surface area contributed by atoms with E-state index in [0.29, 0.717) is 48.3 Å². The van der Waals surface area contributed by atoms with Gasteiger partial charge in [0.2, 0.25) is 0 Å². The van der Waals surface area contributed by atoms with Crippen molar-refractivity contribution >= 4 is 69.4 Å². The quantitative estimate of drug-likeness (QED) is 0.271. The molecule has 0 atom stereocenters. The fraction of sp³-hybridized carbons (Fsp3) is 0.0870. The Morgan fingerprint density at radius 1 is 0.719 bits per heavy atom. The maximum Gasteiger partial charge on any atom is 0.271 e. The van der Waals surface area contributed by atoms with Gasteiger partial charge in [0, 0.05) is 36.8 Å². The van der Waals surface area contributed by atoms with Gasteiger partial charge in [0.15, 0.2) is 0 Å². The van der Waals surface area contributed by atoms with Crippen LogP contribution < -0.4 is 10.9 Å². The third-order valence-corrected chi connectivity index (χ3v) is 5.59. The average molecular weight is 508 g/mol. The van der Waals surface area contributed by atoms with E-state index >= 15 is 0 Å².